The highest BCUT2D eigenvalue weighted by atomic mass is 35.5. The van der Waals surface area contributed by atoms with Crippen molar-refractivity contribution in [2.24, 2.45) is 0 Å². The Morgan fingerprint density at radius 1 is 1.22 bits per heavy atom. The number of benzene rings is 2. The SMILES string of the molecule is CC(Nc1ccc(Cl)c(F)c1)c1ccccc1O. The zero-order chi connectivity index (χ0) is 13.1. The van der Waals surface area contributed by atoms with Gasteiger partial charge in [0.15, 0.2) is 0 Å². The van der Waals surface area contributed by atoms with Crippen LogP contribution in [0.5, 0.6) is 5.75 Å². The number of nitrogens with one attached hydrogen (secondary N) is 1. The van der Waals surface area contributed by atoms with Crippen LogP contribution in [0.25, 0.3) is 0 Å². The zero-order valence-corrected chi connectivity index (χ0v) is 10.6. The molecule has 2 aromatic carbocycles. The molecule has 0 aliphatic carbocycles. The third-order valence-corrected chi connectivity index (χ3v) is 3.01. The second kappa shape index (κ2) is 5.27. The van der Waals surface area contributed by atoms with Gasteiger partial charge < -0.3 is 10.4 Å². The maximum Gasteiger partial charge on any atom is 0.143 e. The number of rotatable bonds is 3. The van der Waals surface area contributed by atoms with E-state index in [1.807, 2.05) is 19.1 Å². The summed E-state index contributed by atoms with van der Waals surface area (Å²) in [5.74, 6) is -0.252. The highest BCUT2D eigenvalue weighted by Crippen LogP contribution is 2.27. The summed E-state index contributed by atoms with van der Waals surface area (Å²) >= 11 is 5.62. The van der Waals surface area contributed by atoms with Crippen molar-refractivity contribution >= 4 is 17.3 Å². The van der Waals surface area contributed by atoms with E-state index in [0.717, 1.165) is 5.56 Å². The van der Waals surface area contributed by atoms with Crippen LogP contribution in [0.2, 0.25) is 5.02 Å². The van der Waals surface area contributed by atoms with Crippen LogP contribution in [-0.4, -0.2) is 5.11 Å². The van der Waals surface area contributed by atoms with E-state index in [2.05, 4.69) is 5.32 Å². The van der Waals surface area contributed by atoms with Gasteiger partial charge in [-0.2, -0.15) is 0 Å². The fourth-order valence-electron chi connectivity index (χ4n) is 1.77. The van der Waals surface area contributed by atoms with Crippen LogP contribution >= 0.6 is 11.6 Å². The van der Waals surface area contributed by atoms with Gasteiger partial charge in [0.1, 0.15) is 11.6 Å². The summed E-state index contributed by atoms with van der Waals surface area (Å²) in [4.78, 5) is 0. The molecular formula is C14H13ClFNO. The van der Waals surface area contributed by atoms with Gasteiger partial charge >= 0.3 is 0 Å². The van der Waals surface area contributed by atoms with Gasteiger partial charge in [-0.15, -0.1) is 0 Å². The second-order valence-corrected chi connectivity index (χ2v) is 4.46. The number of aromatic hydroxyl groups is 1. The molecule has 0 spiro atoms. The van der Waals surface area contributed by atoms with Crippen molar-refractivity contribution in [2.75, 3.05) is 5.32 Å². The molecule has 0 fully saturated rings. The Morgan fingerprint density at radius 2 is 1.94 bits per heavy atom. The van der Waals surface area contributed by atoms with E-state index in [4.69, 9.17) is 11.6 Å². The molecule has 2 rings (SSSR count). The number of anilines is 1. The third kappa shape index (κ3) is 2.74. The lowest BCUT2D eigenvalue weighted by atomic mass is 10.1. The molecule has 18 heavy (non-hydrogen) atoms. The molecule has 0 saturated heterocycles. The van der Waals surface area contributed by atoms with Crippen LogP contribution in [0.1, 0.15) is 18.5 Å². The highest BCUT2D eigenvalue weighted by molar-refractivity contribution is 6.30. The number of hydrogen-bond donors (Lipinski definition) is 2. The molecule has 0 aromatic heterocycles. The Bertz CT molecular complexity index is 559. The first-order chi connectivity index (χ1) is 8.58. The lowest BCUT2D eigenvalue weighted by molar-refractivity contribution is 0.465. The molecule has 0 radical (unpaired) electrons. The van der Waals surface area contributed by atoms with Gasteiger partial charge in [0.05, 0.1) is 11.1 Å². The predicted octanol–water partition coefficient (Wildman–Crippen LogP) is 4.36. The summed E-state index contributed by atoms with van der Waals surface area (Å²) in [6, 6.07) is 11.4. The Labute approximate surface area is 110 Å². The van der Waals surface area contributed by atoms with Gasteiger partial charge in [-0.3, -0.25) is 0 Å². The molecule has 0 saturated carbocycles. The molecule has 2 nitrogen and oxygen atoms in total. The van der Waals surface area contributed by atoms with Crippen molar-refractivity contribution in [1.82, 2.24) is 0 Å². The molecule has 2 aromatic rings. The number of para-hydroxylation sites is 1. The third-order valence-electron chi connectivity index (χ3n) is 2.71. The number of halogens is 2. The van der Waals surface area contributed by atoms with Crippen molar-refractivity contribution < 1.29 is 9.50 Å². The van der Waals surface area contributed by atoms with Crippen LogP contribution in [0.3, 0.4) is 0 Å². The van der Waals surface area contributed by atoms with E-state index in [1.165, 1.54) is 12.1 Å². The molecule has 94 valence electrons. The molecular weight excluding hydrogens is 253 g/mol. The van der Waals surface area contributed by atoms with Crippen molar-refractivity contribution in [3.05, 3.63) is 58.9 Å². The summed E-state index contributed by atoms with van der Waals surface area (Å²) in [5.41, 5.74) is 1.38. The molecule has 1 atom stereocenters. The number of phenolic OH excluding ortho intramolecular Hbond substituents is 1. The zero-order valence-electron chi connectivity index (χ0n) is 9.82. The fourth-order valence-corrected chi connectivity index (χ4v) is 1.88. The second-order valence-electron chi connectivity index (χ2n) is 4.05. The maximum atomic E-state index is 13.3. The topological polar surface area (TPSA) is 32.3 Å². The minimum atomic E-state index is -0.467. The van der Waals surface area contributed by atoms with Gasteiger partial charge in [0.2, 0.25) is 0 Å². The van der Waals surface area contributed by atoms with E-state index in [1.54, 1.807) is 18.2 Å². The molecule has 1 unspecified atom stereocenters. The maximum absolute atomic E-state index is 13.3. The highest BCUT2D eigenvalue weighted by Gasteiger charge is 2.10. The van der Waals surface area contributed by atoms with Crippen molar-refractivity contribution in [3.8, 4) is 5.75 Å². The molecule has 0 aliphatic heterocycles. The normalized spacial score (nSPS) is 12.2. The summed E-state index contributed by atoms with van der Waals surface area (Å²) in [5, 5.41) is 12.9. The van der Waals surface area contributed by atoms with Crippen LogP contribution in [0.4, 0.5) is 10.1 Å². The Kier molecular flexibility index (Phi) is 3.72. The molecule has 0 amide bonds. The van der Waals surface area contributed by atoms with Crippen LogP contribution < -0.4 is 5.32 Å². The molecule has 4 heteroatoms. The van der Waals surface area contributed by atoms with E-state index in [0.29, 0.717) is 5.69 Å². The Morgan fingerprint density at radius 3 is 2.61 bits per heavy atom. The number of hydrogen-bond acceptors (Lipinski definition) is 2. The van der Waals surface area contributed by atoms with Crippen molar-refractivity contribution in [1.29, 1.82) is 0 Å². The van der Waals surface area contributed by atoms with Gasteiger partial charge in [0, 0.05) is 11.3 Å². The van der Waals surface area contributed by atoms with E-state index in [-0.39, 0.29) is 16.8 Å². The first kappa shape index (κ1) is 12.7. The molecule has 0 bridgehead atoms. The average molecular weight is 266 g/mol. The quantitative estimate of drug-likeness (QED) is 0.864. The smallest absolute Gasteiger partial charge is 0.143 e. The van der Waals surface area contributed by atoms with Gasteiger partial charge in [-0.05, 0) is 31.2 Å². The van der Waals surface area contributed by atoms with Crippen molar-refractivity contribution in [2.45, 2.75) is 13.0 Å². The van der Waals surface area contributed by atoms with Gasteiger partial charge in [0.25, 0.3) is 0 Å². The monoisotopic (exact) mass is 265 g/mol. The minimum Gasteiger partial charge on any atom is -0.508 e. The van der Waals surface area contributed by atoms with Crippen molar-refractivity contribution in [3.63, 3.8) is 0 Å². The molecule has 0 aliphatic rings. The predicted molar refractivity (Wildman–Crippen MR) is 71.6 cm³/mol. The van der Waals surface area contributed by atoms with Gasteiger partial charge in [-0.25, -0.2) is 4.39 Å². The standard InChI is InChI=1S/C14H13ClFNO/c1-9(11-4-2-3-5-14(11)18)17-10-6-7-12(15)13(16)8-10/h2-9,17-18H,1H3. The lowest BCUT2D eigenvalue weighted by Crippen LogP contribution is -2.06. The number of phenols is 1. The van der Waals surface area contributed by atoms with E-state index < -0.39 is 5.82 Å². The molecule has 2 N–H and O–H groups in total. The van der Waals surface area contributed by atoms with E-state index in [9.17, 15) is 9.50 Å². The Balaban J connectivity index is 2.19. The van der Waals surface area contributed by atoms with Gasteiger partial charge in [-0.1, -0.05) is 29.8 Å². The average Bonchev–Trinajstić information content (AvgIpc) is 2.34. The first-order valence-corrected chi connectivity index (χ1v) is 5.95. The summed E-state index contributed by atoms with van der Waals surface area (Å²) in [6.45, 7) is 1.89. The largest absolute Gasteiger partial charge is 0.508 e. The first-order valence-electron chi connectivity index (χ1n) is 5.57. The molecule has 0 heterocycles. The Hall–Kier alpha value is -1.74. The van der Waals surface area contributed by atoms with Crippen LogP contribution in [0, 0.1) is 5.82 Å². The summed E-state index contributed by atoms with van der Waals surface area (Å²) in [6.07, 6.45) is 0. The van der Waals surface area contributed by atoms with Crippen LogP contribution in [0.15, 0.2) is 42.5 Å². The fraction of sp³-hybridized carbons (Fsp3) is 0.143. The summed E-state index contributed by atoms with van der Waals surface area (Å²) in [7, 11) is 0. The van der Waals surface area contributed by atoms with Crippen LogP contribution in [-0.2, 0) is 0 Å². The minimum absolute atomic E-state index is 0.0933. The lowest BCUT2D eigenvalue weighted by Gasteiger charge is -2.17. The summed E-state index contributed by atoms with van der Waals surface area (Å²) < 4.78 is 13.3. The van der Waals surface area contributed by atoms with E-state index >= 15 is 0 Å².